The van der Waals surface area contributed by atoms with Crippen molar-refractivity contribution in [3.63, 3.8) is 0 Å². The fraction of sp³-hybridized carbons (Fsp3) is 0.273. The first-order valence-electron chi connectivity index (χ1n) is 4.07. The zero-order valence-corrected chi connectivity index (χ0v) is 7.80. The van der Waals surface area contributed by atoms with Crippen LogP contribution in [0.3, 0.4) is 0 Å². The molecule has 2 heteroatoms. The molecule has 0 unspecified atom stereocenters. The maximum Gasteiger partial charge on any atom is 0.168 e. The van der Waals surface area contributed by atoms with Crippen molar-refractivity contribution < 1.29 is 9.18 Å². The van der Waals surface area contributed by atoms with Gasteiger partial charge in [0.2, 0.25) is 0 Å². The minimum absolute atomic E-state index is 0.146. The van der Waals surface area contributed by atoms with Crippen molar-refractivity contribution >= 4 is 5.78 Å². The fourth-order valence-corrected chi connectivity index (χ4v) is 1.02. The smallest absolute Gasteiger partial charge is 0.168 e. The van der Waals surface area contributed by atoms with Gasteiger partial charge in [-0.1, -0.05) is 26.0 Å². The molecule has 0 spiro atoms. The molecular formula is C11H12FO. The van der Waals surface area contributed by atoms with E-state index in [9.17, 15) is 9.18 Å². The predicted molar refractivity (Wildman–Crippen MR) is 49.9 cm³/mol. The summed E-state index contributed by atoms with van der Waals surface area (Å²) in [6.45, 7) is 7.12. The number of benzene rings is 1. The Morgan fingerprint density at radius 1 is 1.46 bits per heavy atom. The first kappa shape index (κ1) is 9.90. The minimum Gasteiger partial charge on any atom is -0.294 e. The number of halogens is 1. The van der Waals surface area contributed by atoms with E-state index in [0.29, 0.717) is 5.56 Å². The molecule has 0 aliphatic carbocycles. The van der Waals surface area contributed by atoms with Gasteiger partial charge in [-0.05, 0) is 19.1 Å². The standard InChI is InChI=1S/C11H12FO/c1-11(2,3)10(13)8-5-4-6-9(12)7-8/h4-7H,1H2,2-3H3. The number of hydrogen-bond acceptors (Lipinski definition) is 1. The summed E-state index contributed by atoms with van der Waals surface area (Å²) in [5, 5.41) is 0. The van der Waals surface area contributed by atoms with E-state index < -0.39 is 11.2 Å². The second-order valence-electron chi connectivity index (χ2n) is 3.72. The molecule has 0 saturated carbocycles. The largest absolute Gasteiger partial charge is 0.294 e. The lowest BCUT2D eigenvalue weighted by atomic mass is 9.86. The highest BCUT2D eigenvalue weighted by molar-refractivity contribution is 6.00. The minimum atomic E-state index is -0.701. The number of Topliss-reactive ketones (excluding diaryl/α,β-unsaturated/α-hetero) is 1. The Hall–Kier alpha value is -1.18. The molecule has 0 bridgehead atoms. The van der Waals surface area contributed by atoms with Crippen LogP contribution >= 0.6 is 0 Å². The van der Waals surface area contributed by atoms with Crippen LogP contribution in [0.2, 0.25) is 0 Å². The molecule has 1 rings (SSSR count). The van der Waals surface area contributed by atoms with Gasteiger partial charge in [0.15, 0.2) is 5.78 Å². The lowest BCUT2D eigenvalue weighted by Gasteiger charge is -2.15. The molecule has 1 aromatic carbocycles. The summed E-state index contributed by atoms with van der Waals surface area (Å²) in [5.41, 5.74) is -0.326. The first-order chi connectivity index (χ1) is 5.91. The zero-order valence-electron chi connectivity index (χ0n) is 7.80. The molecule has 1 radical (unpaired) electrons. The summed E-state index contributed by atoms with van der Waals surface area (Å²) in [6, 6.07) is 5.66. The van der Waals surface area contributed by atoms with Gasteiger partial charge in [-0.3, -0.25) is 4.79 Å². The number of carbonyl (C=O) groups is 1. The molecule has 0 aliphatic rings. The molecule has 0 N–H and O–H groups in total. The van der Waals surface area contributed by atoms with Crippen LogP contribution in [0, 0.1) is 18.2 Å². The Labute approximate surface area is 77.6 Å². The van der Waals surface area contributed by atoms with E-state index in [1.807, 2.05) is 0 Å². The monoisotopic (exact) mass is 179 g/mol. The highest BCUT2D eigenvalue weighted by Gasteiger charge is 2.22. The van der Waals surface area contributed by atoms with Gasteiger partial charge in [0, 0.05) is 11.0 Å². The van der Waals surface area contributed by atoms with Gasteiger partial charge < -0.3 is 0 Å². The van der Waals surface area contributed by atoms with Crippen LogP contribution in [0.15, 0.2) is 24.3 Å². The first-order valence-corrected chi connectivity index (χ1v) is 4.07. The van der Waals surface area contributed by atoms with Gasteiger partial charge in [0.05, 0.1) is 0 Å². The Morgan fingerprint density at radius 2 is 2.08 bits per heavy atom. The maximum atomic E-state index is 12.7. The molecule has 0 atom stereocenters. The van der Waals surface area contributed by atoms with Crippen molar-refractivity contribution in [3.05, 3.63) is 42.6 Å². The Bertz CT molecular complexity index is 323. The van der Waals surface area contributed by atoms with Crippen LogP contribution < -0.4 is 0 Å². The van der Waals surface area contributed by atoms with Gasteiger partial charge in [-0.25, -0.2) is 4.39 Å². The van der Waals surface area contributed by atoms with E-state index in [0.717, 1.165) is 0 Å². The molecule has 0 heterocycles. The third-order valence-corrected chi connectivity index (χ3v) is 1.70. The number of rotatable bonds is 2. The summed E-state index contributed by atoms with van der Waals surface area (Å²) in [6.07, 6.45) is 0. The quantitative estimate of drug-likeness (QED) is 0.638. The highest BCUT2D eigenvalue weighted by Crippen LogP contribution is 2.20. The highest BCUT2D eigenvalue weighted by atomic mass is 19.1. The molecule has 0 fully saturated rings. The SMILES string of the molecule is [CH2]C(C)(C)C(=O)c1cccc(F)c1. The van der Waals surface area contributed by atoms with Crippen LogP contribution in [0.25, 0.3) is 0 Å². The summed E-state index contributed by atoms with van der Waals surface area (Å²) in [4.78, 5) is 11.6. The molecule has 1 aromatic rings. The van der Waals surface area contributed by atoms with E-state index in [-0.39, 0.29) is 5.78 Å². The second-order valence-corrected chi connectivity index (χ2v) is 3.72. The van der Waals surface area contributed by atoms with Crippen LogP contribution in [0.5, 0.6) is 0 Å². The van der Waals surface area contributed by atoms with Crippen LogP contribution in [-0.2, 0) is 0 Å². The van der Waals surface area contributed by atoms with E-state index in [1.54, 1.807) is 19.9 Å². The zero-order chi connectivity index (χ0) is 10.1. The lowest BCUT2D eigenvalue weighted by Crippen LogP contribution is -2.20. The third kappa shape index (κ3) is 2.38. The number of ketones is 1. The summed E-state index contributed by atoms with van der Waals surface area (Å²) >= 11 is 0. The average molecular weight is 179 g/mol. The Balaban J connectivity index is 3.03. The molecule has 13 heavy (non-hydrogen) atoms. The lowest BCUT2D eigenvalue weighted by molar-refractivity contribution is 0.0882. The molecule has 0 saturated heterocycles. The van der Waals surface area contributed by atoms with Crippen molar-refractivity contribution in [2.45, 2.75) is 13.8 Å². The topological polar surface area (TPSA) is 17.1 Å². The molecular weight excluding hydrogens is 167 g/mol. The van der Waals surface area contributed by atoms with Crippen molar-refractivity contribution in [2.24, 2.45) is 5.41 Å². The second kappa shape index (κ2) is 3.29. The number of hydrogen-bond donors (Lipinski definition) is 0. The van der Waals surface area contributed by atoms with Crippen molar-refractivity contribution in [2.75, 3.05) is 0 Å². The van der Waals surface area contributed by atoms with E-state index in [2.05, 4.69) is 6.92 Å². The van der Waals surface area contributed by atoms with Gasteiger partial charge >= 0.3 is 0 Å². The van der Waals surface area contributed by atoms with E-state index in [1.165, 1.54) is 18.2 Å². The average Bonchev–Trinajstić information content (AvgIpc) is 2.01. The fourth-order valence-electron chi connectivity index (χ4n) is 1.02. The molecule has 0 aromatic heterocycles. The van der Waals surface area contributed by atoms with Gasteiger partial charge in [0.1, 0.15) is 5.82 Å². The molecule has 1 nitrogen and oxygen atoms in total. The predicted octanol–water partition coefficient (Wildman–Crippen LogP) is 2.87. The van der Waals surface area contributed by atoms with Crippen molar-refractivity contribution in [1.82, 2.24) is 0 Å². The van der Waals surface area contributed by atoms with Gasteiger partial charge in [-0.2, -0.15) is 0 Å². The summed E-state index contributed by atoms with van der Waals surface area (Å²) < 4.78 is 12.7. The van der Waals surface area contributed by atoms with Crippen LogP contribution in [0.1, 0.15) is 24.2 Å². The van der Waals surface area contributed by atoms with Crippen molar-refractivity contribution in [3.8, 4) is 0 Å². The van der Waals surface area contributed by atoms with Crippen LogP contribution in [0.4, 0.5) is 4.39 Å². The Morgan fingerprint density at radius 3 is 2.54 bits per heavy atom. The van der Waals surface area contributed by atoms with Crippen LogP contribution in [-0.4, -0.2) is 5.78 Å². The van der Waals surface area contributed by atoms with E-state index in [4.69, 9.17) is 0 Å². The number of carbonyl (C=O) groups excluding carboxylic acids is 1. The van der Waals surface area contributed by atoms with Gasteiger partial charge in [-0.15, -0.1) is 0 Å². The molecule has 0 aliphatic heterocycles. The van der Waals surface area contributed by atoms with E-state index >= 15 is 0 Å². The van der Waals surface area contributed by atoms with Gasteiger partial charge in [0.25, 0.3) is 0 Å². The Kier molecular flexibility index (Phi) is 2.50. The maximum absolute atomic E-state index is 12.7. The van der Waals surface area contributed by atoms with Crippen molar-refractivity contribution in [1.29, 1.82) is 0 Å². The normalized spacial score (nSPS) is 11.4. The summed E-state index contributed by atoms with van der Waals surface area (Å²) in [7, 11) is 0. The third-order valence-electron chi connectivity index (χ3n) is 1.70. The summed E-state index contributed by atoms with van der Waals surface area (Å²) in [5.74, 6) is -0.540. The molecule has 0 amide bonds. The molecule has 69 valence electrons.